The van der Waals surface area contributed by atoms with Gasteiger partial charge in [0.2, 0.25) is 0 Å². The van der Waals surface area contributed by atoms with Crippen LogP contribution in [0.2, 0.25) is 0 Å². The Hall–Kier alpha value is -2.91. The Morgan fingerprint density at radius 1 is 1.33 bits per heavy atom. The number of nitrogens with one attached hydrogen (secondary N) is 2. The van der Waals surface area contributed by atoms with Gasteiger partial charge in [0.1, 0.15) is 6.10 Å². The highest BCUT2D eigenvalue weighted by Gasteiger charge is 2.40. The molecule has 1 aromatic heterocycles. The molecule has 0 spiro atoms. The molecular formula is C24H33N5O4. The Morgan fingerprint density at radius 3 is 2.79 bits per heavy atom. The summed E-state index contributed by atoms with van der Waals surface area (Å²) in [6, 6.07) is 12.1. The number of aryl methyl sites for hydroxylation is 1. The Bertz CT molecular complexity index is 938. The van der Waals surface area contributed by atoms with Gasteiger partial charge in [-0.2, -0.15) is 5.10 Å². The van der Waals surface area contributed by atoms with Gasteiger partial charge in [0.25, 0.3) is 5.91 Å². The number of alkyl carbamates (subject to hydrolysis) is 1. The van der Waals surface area contributed by atoms with Crippen LogP contribution in [0.4, 0.5) is 4.79 Å². The van der Waals surface area contributed by atoms with E-state index >= 15 is 0 Å². The topological polar surface area (TPSA) is 97.7 Å². The molecule has 4 rings (SSSR count). The molecule has 9 heteroatoms. The van der Waals surface area contributed by atoms with Crippen LogP contribution >= 0.6 is 0 Å². The molecule has 2 aromatic rings. The van der Waals surface area contributed by atoms with Gasteiger partial charge >= 0.3 is 6.09 Å². The maximum Gasteiger partial charge on any atom is 0.406 e. The maximum absolute atomic E-state index is 13.3. The molecule has 0 unspecified atom stereocenters. The molecule has 0 bridgehead atoms. The first kappa shape index (κ1) is 23.3. The van der Waals surface area contributed by atoms with Gasteiger partial charge in [-0.3, -0.25) is 4.79 Å². The van der Waals surface area contributed by atoms with Crippen molar-refractivity contribution in [3.05, 3.63) is 47.8 Å². The lowest BCUT2D eigenvalue weighted by Crippen LogP contribution is -2.50. The minimum absolute atomic E-state index is 0.0373. The molecule has 178 valence electrons. The van der Waals surface area contributed by atoms with Crippen molar-refractivity contribution in [1.29, 1.82) is 0 Å². The van der Waals surface area contributed by atoms with E-state index < -0.39 is 12.2 Å². The number of hydrogen-bond acceptors (Lipinski definition) is 6. The minimum Gasteiger partial charge on any atom is -0.453 e. The van der Waals surface area contributed by atoms with E-state index in [2.05, 4.69) is 21.4 Å². The number of carbonyl (C=O) groups excluding carboxylic acids is 2. The number of morpholine rings is 1. The molecule has 2 fully saturated rings. The van der Waals surface area contributed by atoms with Gasteiger partial charge in [0, 0.05) is 31.4 Å². The van der Waals surface area contributed by atoms with E-state index in [9.17, 15) is 9.59 Å². The van der Waals surface area contributed by atoms with E-state index in [-0.39, 0.29) is 18.0 Å². The zero-order chi connectivity index (χ0) is 23.2. The van der Waals surface area contributed by atoms with Crippen LogP contribution in [0.5, 0.6) is 0 Å². The fourth-order valence-corrected chi connectivity index (χ4v) is 4.22. The maximum atomic E-state index is 13.3. The summed E-state index contributed by atoms with van der Waals surface area (Å²) in [5, 5.41) is 10.9. The molecule has 2 N–H and O–H groups in total. The third-order valence-electron chi connectivity index (χ3n) is 6.11. The van der Waals surface area contributed by atoms with Crippen molar-refractivity contribution in [2.75, 3.05) is 33.4 Å². The summed E-state index contributed by atoms with van der Waals surface area (Å²) in [5.41, 5.74) is 2.86. The second-order valence-corrected chi connectivity index (χ2v) is 8.55. The molecule has 2 atom stereocenters. The van der Waals surface area contributed by atoms with Crippen molar-refractivity contribution in [2.45, 2.75) is 50.8 Å². The SMILES string of the molecule is COC(=O)NCCCc1cc([C@@H](C)N(C(=O)[C@H]2CNCCO2)C2CC2)nn1-c1ccccc1. The summed E-state index contributed by atoms with van der Waals surface area (Å²) in [5.74, 6) is 0.0373. The van der Waals surface area contributed by atoms with Crippen LogP contribution in [-0.2, 0) is 20.7 Å². The van der Waals surface area contributed by atoms with E-state index in [4.69, 9.17) is 9.84 Å². The van der Waals surface area contributed by atoms with Gasteiger partial charge in [0.15, 0.2) is 0 Å². The van der Waals surface area contributed by atoms with Gasteiger partial charge in [-0.25, -0.2) is 9.48 Å². The van der Waals surface area contributed by atoms with Crippen LogP contribution in [0.1, 0.15) is 43.6 Å². The van der Waals surface area contributed by atoms with E-state index in [0.29, 0.717) is 19.7 Å². The van der Waals surface area contributed by atoms with Gasteiger partial charge in [-0.1, -0.05) is 18.2 Å². The normalized spacial score (nSPS) is 19.0. The first-order valence-electron chi connectivity index (χ1n) is 11.7. The summed E-state index contributed by atoms with van der Waals surface area (Å²) in [4.78, 5) is 26.6. The Labute approximate surface area is 194 Å². The lowest BCUT2D eigenvalue weighted by Gasteiger charge is -2.33. The molecule has 1 saturated carbocycles. The standard InChI is InChI=1S/C24H33N5O4/c1-17(28(18-10-11-18)23(30)22-16-25-13-14-33-22)21-15-20(9-6-12-26-24(31)32-2)29(27-21)19-7-4-3-5-8-19/h3-5,7-8,15,17-18,22,25H,6,9-14,16H2,1-2H3,(H,26,31)/t17-,22-/m1/s1. The molecular weight excluding hydrogens is 422 g/mol. The van der Waals surface area contributed by atoms with E-state index in [0.717, 1.165) is 49.3 Å². The molecule has 33 heavy (non-hydrogen) atoms. The van der Waals surface area contributed by atoms with Crippen molar-refractivity contribution in [3.63, 3.8) is 0 Å². The number of hydrogen-bond donors (Lipinski definition) is 2. The second-order valence-electron chi connectivity index (χ2n) is 8.55. The van der Waals surface area contributed by atoms with Crippen molar-refractivity contribution >= 4 is 12.0 Å². The van der Waals surface area contributed by atoms with Crippen molar-refractivity contribution in [1.82, 2.24) is 25.3 Å². The molecule has 1 aliphatic heterocycles. The molecule has 9 nitrogen and oxygen atoms in total. The van der Waals surface area contributed by atoms with Crippen molar-refractivity contribution in [3.8, 4) is 5.69 Å². The molecule has 0 radical (unpaired) electrons. The summed E-state index contributed by atoms with van der Waals surface area (Å²) >= 11 is 0. The highest BCUT2D eigenvalue weighted by molar-refractivity contribution is 5.82. The van der Waals surface area contributed by atoms with Gasteiger partial charge in [-0.15, -0.1) is 0 Å². The molecule has 1 aliphatic carbocycles. The summed E-state index contributed by atoms with van der Waals surface area (Å²) in [7, 11) is 1.36. The van der Waals surface area contributed by atoms with Crippen LogP contribution in [-0.4, -0.2) is 72.2 Å². The zero-order valence-electron chi connectivity index (χ0n) is 19.3. The van der Waals surface area contributed by atoms with Gasteiger partial charge in [0.05, 0.1) is 31.1 Å². The highest BCUT2D eigenvalue weighted by Crippen LogP contribution is 2.35. The number of amides is 2. The first-order chi connectivity index (χ1) is 16.1. The summed E-state index contributed by atoms with van der Waals surface area (Å²) < 4.78 is 12.3. The molecule has 1 saturated heterocycles. The average molecular weight is 456 g/mol. The average Bonchev–Trinajstić information content (AvgIpc) is 3.60. The van der Waals surface area contributed by atoms with Crippen LogP contribution in [0.15, 0.2) is 36.4 Å². The number of nitrogens with zero attached hydrogens (tertiary/aromatic N) is 3. The number of methoxy groups -OCH3 is 1. The Kier molecular flexibility index (Phi) is 7.61. The first-order valence-corrected chi connectivity index (χ1v) is 11.7. The van der Waals surface area contributed by atoms with E-state index in [1.54, 1.807) is 0 Å². The lowest BCUT2D eigenvalue weighted by molar-refractivity contribution is -0.148. The third-order valence-corrected chi connectivity index (χ3v) is 6.11. The van der Waals surface area contributed by atoms with Crippen LogP contribution in [0.25, 0.3) is 5.69 Å². The molecule has 2 heterocycles. The van der Waals surface area contributed by atoms with Crippen molar-refractivity contribution in [2.24, 2.45) is 0 Å². The second kappa shape index (κ2) is 10.8. The van der Waals surface area contributed by atoms with E-state index in [1.165, 1.54) is 7.11 Å². The van der Waals surface area contributed by atoms with Crippen LogP contribution < -0.4 is 10.6 Å². The highest BCUT2D eigenvalue weighted by atomic mass is 16.5. The predicted octanol–water partition coefficient (Wildman–Crippen LogP) is 2.20. The largest absolute Gasteiger partial charge is 0.453 e. The molecule has 1 aromatic carbocycles. The summed E-state index contributed by atoms with van der Waals surface area (Å²) in [6.45, 7) is 4.43. The predicted molar refractivity (Wildman–Crippen MR) is 123 cm³/mol. The number of benzene rings is 1. The van der Waals surface area contributed by atoms with Crippen molar-refractivity contribution < 1.29 is 19.1 Å². The monoisotopic (exact) mass is 455 g/mol. The number of rotatable bonds is 9. The molecule has 2 amide bonds. The third kappa shape index (κ3) is 5.72. The van der Waals surface area contributed by atoms with Gasteiger partial charge in [-0.05, 0) is 50.8 Å². The van der Waals surface area contributed by atoms with Crippen LogP contribution in [0.3, 0.4) is 0 Å². The molecule has 2 aliphatic rings. The smallest absolute Gasteiger partial charge is 0.406 e. The fourth-order valence-electron chi connectivity index (χ4n) is 4.22. The zero-order valence-corrected chi connectivity index (χ0v) is 19.3. The Balaban J connectivity index is 1.54. The van der Waals surface area contributed by atoms with Crippen LogP contribution in [0, 0.1) is 0 Å². The summed E-state index contributed by atoms with van der Waals surface area (Å²) in [6.07, 6.45) is 2.63. The number of aromatic nitrogens is 2. The number of carbonyl (C=O) groups is 2. The fraction of sp³-hybridized carbons (Fsp3) is 0.542. The number of para-hydroxylation sites is 1. The van der Waals surface area contributed by atoms with E-state index in [1.807, 2.05) is 46.8 Å². The van der Waals surface area contributed by atoms with Gasteiger partial charge < -0.3 is 25.0 Å². The Morgan fingerprint density at radius 2 is 2.12 bits per heavy atom. The quantitative estimate of drug-likeness (QED) is 0.563. The number of ether oxygens (including phenoxy) is 2. The lowest BCUT2D eigenvalue weighted by atomic mass is 10.1. The minimum atomic E-state index is -0.443.